The van der Waals surface area contributed by atoms with Crippen molar-refractivity contribution < 1.29 is 13.9 Å². The summed E-state index contributed by atoms with van der Waals surface area (Å²) in [6.45, 7) is 9.74. The highest BCUT2D eigenvalue weighted by Crippen LogP contribution is 2.13. The first-order valence-corrected chi connectivity index (χ1v) is 10.1. The molecule has 0 aliphatic carbocycles. The Hall–Kier alpha value is -1.70. The molecule has 1 aromatic carbocycles. The molecule has 0 spiro atoms. The number of methoxy groups -OCH3 is 1. The van der Waals surface area contributed by atoms with Crippen molar-refractivity contribution in [3.05, 3.63) is 35.1 Å². The number of hydrogen-bond donors (Lipinski definition) is 2. The van der Waals surface area contributed by atoms with Gasteiger partial charge in [0, 0.05) is 51.9 Å². The molecule has 1 saturated heterocycles. The van der Waals surface area contributed by atoms with Crippen LogP contribution in [0.15, 0.2) is 23.2 Å². The molecule has 0 aromatic heterocycles. The van der Waals surface area contributed by atoms with Crippen LogP contribution in [0.5, 0.6) is 0 Å². The Kier molecular flexibility index (Phi) is 9.67. The number of benzene rings is 1. The largest absolute Gasteiger partial charge is 0.380 e. The second-order valence-corrected chi connectivity index (χ2v) is 7.60. The van der Waals surface area contributed by atoms with Crippen LogP contribution in [0.1, 0.15) is 31.4 Å². The minimum absolute atomic E-state index is 0.241. The predicted molar refractivity (Wildman–Crippen MR) is 111 cm³/mol. The number of guanidine groups is 1. The number of aliphatic imine (C=N–C) groups is 1. The number of nitrogens with one attached hydrogen (secondary N) is 2. The zero-order chi connectivity index (χ0) is 20.4. The lowest BCUT2D eigenvalue weighted by Crippen LogP contribution is -2.50. The van der Waals surface area contributed by atoms with Crippen LogP contribution in [0.3, 0.4) is 0 Å². The molecule has 0 amide bonds. The van der Waals surface area contributed by atoms with E-state index in [1.165, 1.54) is 6.07 Å². The number of halogens is 1. The predicted octanol–water partition coefficient (Wildman–Crippen LogP) is 2.38. The third kappa shape index (κ3) is 7.37. The third-order valence-electron chi connectivity index (χ3n) is 4.90. The minimum Gasteiger partial charge on any atom is -0.380 e. The molecule has 0 radical (unpaired) electrons. The Morgan fingerprint density at radius 2 is 2.04 bits per heavy atom. The fourth-order valence-corrected chi connectivity index (χ4v) is 3.47. The van der Waals surface area contributed by atoms with E-state index in [4.69, 9.17) is 9.47 Å². The summed E-state index contributed by atoms with van der Waals surface area (Å²) in [5.41, 5.74) is 1.55. The fraction of sp³-hybridized carbons (Fsp3) is 0.667. The topological polar surface area (TPSA) is 58.1 Å². The molecule has 1 aromatic rings. The van der Waals surface area contributed by atoms with Crippen molar-refractivity contribution >= 4 is 5.96 Å². The first-order chi connectivity index (χ1) is 13.5. The average Bonchev–Trinajstić information content (AvgIpc) is 2.70. The number of rotatable bonds is 9. The summed E-state index contributed by atoms with van der Waals surface area (Å²) in [6.07, 6.45) is 1.13. The van der Waals surface area contributed by atoms with Gasteiger partial charge in [0.1, 0.15) is 5.82 Å². The van der Waals surface area contributed by atoms with Gasteiger partial charge in [-0.3, -0.25) is 9.89 Å². The molecule has 1 aliphatic rings. The summed E-state index contributed by atoms with van der Waals surface area (Å²) in [7, 11) is 3.33. The molecule has 1 aliphatic heterocycles. The van der Waals surface area contributed by atoms with Gasteiger partial charge in [-0.15, -0.1) is 0 Å². The Morgan fingerprint density at radius 3 is 2.68 bits per heavy atom. The maximum atomic E-state index is 13.8. The number of ether oxygens (including phenoxy) is 2. The van der Waals surface area contributed by atoms with Crippen molar-refractivity contribution in [2.24, 2.45) is 10.9 Å². The molecule has 6 nitrogen and oxygen atoms in total. The third-order valence-corrected chi connectivity index (χ3v) is 4.90. The van der Waals surface area contributed by atoms with Gasteiger partial charge in [-0.2, -0.15) is 0 Å². The summed E-state index contributed by atoms with van der Waals surface area (Å²) in [4.78, 5) is 6.83. The summed E-state index contributed by atoms with van der Waals surface area (Å²) < 4.78 is 24.3. The first kappa shape index (κ1) is 22.6. The van der Waals surface area contributed by atoms with E-state index in [0.717, 1.165) is 50.8 Å². The maximum Gasteiger partial charge on any atom is 0.191 e. The van der Waals surface area contributed by atoms with Crippen LogP contribution in [-0.4, -0.2) is 63.9 Å². The molecule has 7 heteroatoms. The SMILES string of the molecule is CN=C(NCc1ccc(F)c(COC)c1)NCC(CC(C)C)N1CCOCC1. The van der Waals surface area contributed by atoms with Gasteiger partial charge in [0.05, 0.1) is 19.8 Å². The van der Waals surface area contributed by atoms with Crippen LogP contribution in [0.2, 0.25) is 0 Å². The number of hydrogen-bond acceptors (Lipinski definition) is 4. The van der Waals surface area contributed by atoms with Crippen molar-refractivity contribution in [1.29, 1.82) is 0 Å². The number of nitrogens with zero attached hydrogens (tertiary/aromatic N) is 2. The molecule has 1 heterocycles. The Labute approximate surface area is 168 Å². The Balaban J connectivity index is 1.89. The average molecular weight is 395 g/mol. The highest BCUT2D eigenvalue weighted by atomic mass is 19.1. The summed E-state index contributed by atoms with van der Waals surface area (Å²) in [5.74, 6) is 1.14. The van der Waals surface area contributed by atoms with E-state index >= 15 is 0 Å². The van der Waals surface area contributed by atoms with Crippen LogP contribution in [-0.2, 0) is 22.6 Å². The van der Waals surface area contributed by atoms with Gasteiger partial charge >= 0.3 is 0 Å². The van der Waals surface area contributed by atoms with Crippen molar-refractivity contribution in [1.82, 2.24) is 15.5 Å². The molecule has 2 rings (SSSR count). The van der Waals surface area contributed by atoms with Gasteiger partial charge < -0.3 is 20.1 Å². The summed E-state index contributed by atoms with van der Waals surface area (Å²) in [5, 5.41) is 6.77. The maximum absolute atomic E-state index is 13.8. The van der Waals surface area contributed by atoms with Gasteiger partial charge in [0.2, 0.25) is 0 Å². The lowest BCUT2D eigenvalue weighted by molar-refractivity contribution is 0.0132. The summed E-state index contributed by atoms with van der Waals surface area (Å²) >= 11 is 0. The van der Waals surface area contributed by atoms with E-state index in [2.05, 4.69) is 34.4 Å². The van der Waals surface area contributed by atoms with Crippen LogP contribution >= 0.6 is 0 Å². The molecule has 1 fully saturated rings. The molecule has 0 bridgehead atoms. The minimum atomic E-state index is -0.241. The first-order valence-electron chi connectivity index (χ1n) is 10.1. The molecular weight excluding hydrogens is 359 g/mol. The van der Waals surface area contributed by atoms with Gasteiger partial charge in [0.25, 0.3) is 0 Å². The van der Waals surface area contributed by atoms with Crippen LogP contribution in [0.25, 0.3) is 0 Å². The van der Waals surface area contributed by atoms with Crippen LogP contribution < -0.4 is 10.6 Å². The normalized spacial score (nSPS) is 17.0. The monoisotopic (exact) mass is 394 g/mol. The van der Waals surface area contributed by atoms with Gasteiger partial charge in [-0.1, -0.05) is 19.9 Å². The second-order valence-electron chi connectivity index (χ2n) is 7.60. The standard InChI is InChI=1S/C21H35FN4O2/c1-16(2)11-19(26-7-9-28-10-8-26)14-25-21(23-3)24-13-17-5-6-20(22)18(12-17)15-27-4/h5-6,12,16,19H,7-11,13-15H2,1-4H3,(H2,23,24,25). The molecule has 1 unspecified atom stereocenters. The quantitative estimate of drug-likeness (QED) is 0.498. The zero-order valence-electron chi connectivity index (χ0n) is 17.6. The summed E-state index contributed by atoms with van der Waals surface area (Å²) in [6, 6.07) is 5.54. The molecule has 158 valence electrons. The van der Waals surface area contributed by atoms with Crippen molar-refractivity contribution in [2.75, 3.05) is 47.0 Å². The van der Waals surface area contributed by atoms with Crippen molar-refractivity contribution in [3.8, 4) is 0 Å². The van der Waals surface area contributed by atoms with E-state index in [9.17, 15) is 4.39 Å². The lowest BCUT2D eigenvalue weighted by Gasteiger charge is -2.35. The highest BCUT2D eigenvalue weighted by molar-refractivity contribution is 5.79. The highest BCUT2D eigenvalue weighted by Gasteiger charge is 2.22. The molecule has 28 heavy (non-hydrogen) atoms. The van der Waals surface area contributed by atoms with E-state index in [1.54, 1.807) is 20.2 Å². The lowest BCUT2D eigenvalue weighted by atomic mass is 10.0. The Morgan fingerprint density at radius 1 is 1.29 bits per heavy atom. The van der Waals surface area contributed by atoms with Crippen LogP contribution in [0, 0.1) is 11.7 Å². The zero-order valence-corrected chi connectivity index (χ0v) is 17.6. The second kappa shape index (κ2) is 12.0. The van der Waals surface area contributed by atoms with Gasteiger partial charge in [0.15, 0.2) is 5.96 Å². The van der Waals surface area contributed by atoms with E-state index in [0.29, 0.717) is 24.1 Å². The van der Waals surface area contributed by atoms with E-state index < -0.39 is 0 Å². The molecule has 2 N–H and O–H groups in total. The molecule has 0 saturated carbocycles. The van der Waals surface area contributed by atoms with Crippen molar-refractivity contribution in [2.45, 2.75) is 39.5 Å². The van der Waals surface area contributed by atoms with E-state index in [-0.39, 0.29) is 12.4 Å². The fourth-order valence-electron chi connectivity index (χ4n) is 3.47. The Bertz CT molecular complexity index is 618. The smallest absolute Gasteiger partial charge is 0.191 e. The van der Waals surface area contributed by atoms with Gasteiger partial charge in [-0.05, 0) is 30.0 Å². The molecular formula is C21H35FN4O2. The van der Waals surface area contributed by atoms with E-state index in [1.807, 2.05) is 6.07 Å². The number of morpholine rings is 1. The van der Waals surface area contributed by atoms with Crippen LogP contribution in [0.4, 0.5) is 4.39 Å². The van der Waals surface area contributed by atoms with Crippen molar-refractivity contribution in [3.63, 3.8) is 0 Å². The molecule has 1 atom stereocenters. The van der Waals surface area contributed by atoms with Gasteiger partial charge in [-0.25, -0.2) is 4.39 Å².